The third-order valence-corrected chi connectivity index (χ3v) is 2.49. The van der Waals surface area contributed by atoms with Crippen molar-refractivity contribution in [3.8, 4) is 0 Å². The maximum absolute atomic E-state index is 11.8. The maximum atomic E-state index is 11.8. The van der Waals surface area contributed by atoms with E-state index in [1.165, 1.54) is 10.7 Å². The van der Waals surface area contributed by atoms with Crippen molar-refractivity contribution in [3.05, 3.63) is 18.0 Å². The number of nitrogens with zero attached hydrogens (tertiary/aromatic N) is 2. The molecule has 0 aliphatic carbocycles. The second-order valence-electron chi connectivity index (χ2n) is 4.08. The lowest BCUT2D eigenvalue weighted by molar-refractivity contribution is -0.144. The summed E-state index contributed by atoms with van der Waals surface area (Å²) in [6, 6.07) is 0.313. The van der Waals surface area contributed by atoms with Crippen LogP contribution in [0, 0.1) is 0 Å². The summed E-state index contributed by atoms with van der Waals surface area (Å²) in [5, 5.41) is 15.2. The molecule has 1 heterocycles. The molecule has 20 heavy (non-hydrogen) atoms. The number of carbonyl (C=O) groups is 3. The van der Waals surface area contributed by atoms with Gasteiger partial charge in [0, 0.05) is 19.7 Å². The number of aromatic nitrogens is 2. The van der Waals surface area contributed by atoms with E-state index in [0.717, 1.165) is 0 Å². The van der Waals surface area contributed by atoms with Gasteiger partial charge in [0.25, 0.3) is 5.91 Å². The van der Waals surface area contributed by atoms with Crippen LogP contribution in [0.15, 0.2) is 12.3 Å². The van der Waals surface area contributed by atoms with Crippen LogP contribution in [0.25, 0.3) is 0 Å². The molecule has 1 aromatic heterocycles. The number of carboxylic acid groups (broad SMARTS) is 1. The lowest BCUT2D eigenvalue weighted by Crippen LogP contribution is -2.41. The molecule has 110 valence electrons. The average molecular weight is 283 g/mol. The minimum Gasteiger partial charge on any atom is -0.480 e. The zero-order valence-corrected chi connectivity index (χ0v) is 11.3. The first-order chi connectivity index (χ1) is 9.43. The summed E-state index contributed by atoms with van der Waals surface area (Å²) in [6.45, 7) is 1.90. The van der Waals surface area contributed by atoms with Crippen molar-refractivity contribution in [2.75, 3.05) is 6.61 Å². The van der Waals surface area contributed by atoms with Crippen LogP contribution < -0.4 is 5.32 Å². The van der Waals surface area contributed by atoms with Crippen LogP contribution in [-0.2, 0) is 21.4 Å². The Bertz CT molecular complexity index is 497. The van der Waals surface area contributed by atoms with Crippen LogP contribution in [0.4, 0.5) is 0 Å². The topological polar surface area (TPSA) is 111 Å². The predicted molar refractivity (Wildman–Crippen MR) is 68.0 cm³/mol. The molecule has 0 aromatic carbocycles. The summed E-state index contributed by atoms with van der Waals surface area (Å²) < 4.78 is 6.14. The van der Waals surface area contributed by atoms with E-state index in [1.807, 2.05) is 0 Å². The zero-order chi connectivity index (χ0) is 15.1. The highest BCUT2D eigenvalue weighted by Crippen LogP contribution is 2.02. The van der Waals surface area contributed by atoms with Gasteiger partial charge in [-0.15, -0.1) is 0 Å². The molecular formula is C12H17N3O5. The molecule has 8 heteroatoms. The largest absolute Gasteiger partial charge is 0.480 e. The van der Waals surface area contributed by atoms with Crippen molar-refractivity contribution in [2.45, 2.75) is 25.8 Å². The van der Waals surface area contributed by atoms with Gasteiger partial charge in [-0.25, -0.2) is 4.79 Å². The van der Waals surface area contributed by atoms with Gasteiger partial charge in [0.1, 0.15) is 11.7 Å². The second-order valence-corrected chi connectivity index (χ2v) is 4.08. The highest BCUT2D eigenvalue weighted by molar-refractivity contribution is 5.94. The number of nitrogens with one attached hydrogen (secondary N) is 1. The number of esters is 1. The Kier molecular flexibility index (Phi) is 5.70. The van der Waals surface area contributed by atoms with Crippen LogP contribution in [0.1, 0.15) is 30.3 Å². The number of amides is 1. The number of aryl methyl sites for hydroxylation is 1. The molecule has 0 bridgehead atoms. The second kappa shape index (κ2) is 7.27. The molecule has 0 aliphatic rings. The number of aliphatic carboxylic acids is 1. The first kappa shape index (κ1) is 15.7. The standard InChI is InChI=1S/C12H17N3O5/c1-3-20-10(16)5-4-9(12(18)19)13-11(17)8-6-7-15(2)14-8/h6-7,9H,3-5H2,1-2H3,(H,13,17)(H,18,19)/t9-/m0/s1. The quantitative estimate of drug-likeness (QED) is 0.679. The number of rotatable bonds is 7. The zero-order valence-electron chi connectivity index (χ0n) is 11.3. The Morgan fingerprint density at radius 3 is 2.70 bits per heavy atom. The summed E-state index contributed by atoms with van der Waals surface area (Å²) in [4.78, 5) is 34.0. The minimum atomic E-state index is -1.21. The van der Waals surface area contributed by atoms with E-state index in [9.17, 15) is 14.4 Å². The molecular weight excluding hydrogens is 266 g/mol. The molecule has 0 fully saturated rings. The molecule has 0 aliphatic heterocycles. The van der Waals surface area contributed by atoms with Crippen molar-refractivity contribution in [1.29, 1.82) is 0 Å². The van der Waals surface area contributed by atoms with Gasteiger partial charge in [-0.1, -0.05) is 0 Å². The minimum absolute atomic E-state index is 0.0350. The number of hydrogen-bond donors (Lipinski definition) is 2. The van der Waals surface area contributed by atoms with E-state index in [4.69, 9.17) is 9.84 Å². The number of carboxylic acids is 1. The summed E-state index contributed by atoms with van der Waals surface area (Å²) in [6.07, 6.45) is 1.46. The van der Waals surface area contributed by atoms with Gasteiger partial charge in [-0.2, -0.15) is 5.10 Å². The Labute approximate surface area is 115 Å². The SMILES string of the molecule is CCOC(=O)CC[C@H](NC(=O)c1ccn(C)n1)C(=O)O. The number of carbonyl (C=O) groups excluding carboxylic acids is 2. The fourth-order valence-electron chi connectivity index (χ4n) is 1.52. The Hall–Kier alpha value is -2.38. The maximum Gasteiger partial charge on any atom is 0.326 e. The summed E-state index contributed by atoms with van der Waals surface area (Å²) in [5.74, 6) is -2.30. The monoisotopic (exact) mass is 283 g/mol. The van der Waals surface area contributed by atoms with Crippen molar-refractivity contribution in [1.82, 2.24) is 15.1 Å². The van der Waals surface area contributed by atoms with Gasteiger partial charge < -0.3 is 15.2 Å². The predicted octanol–water partition coefficient (Wildman–Crippen LogP) is -0.0536. The van der Waals surface area contributed by atoms with Gasteiger partial charge in [0.15, 0.2) is 0 Å². The Morgan fingerprint density at radius 1 is 1.50 bits per heavy atom. The van der Waals surface area contributed by atoms with Gasteiger partial charge >= 0.3 is 11.9 Å². The molecule has 8 nitrogen and oxygen atoms in total. The van der Waals surface area contributed by atoms with Gasteiger partial charge in [-0.05, 0) is 19.4 Å². The molecule has 1 rings (SSSR count). The van der Waals surface area contributed by atoms with Crippen LogP contribution in [0.3, 0.4) is 0 Å². The van der Waals surface area contributed by atoms with Gasteiger partial charge in [-0.3, -0.25) is 14.3 Å². The third-order valence-electron chi connectivity index (χ3n) is 2.49. The molecule has 0 radical (unpaired) electrons. The van der Waals surface area contributed by atoms with E-state index in [0.29, 0.717) is 0 Å². The number of hydrogen-bond acceptors (Lipinski definition) is 5. The molecule has 0 spiro atoms. The molecule has 0 saturated carbocycles. The first-order valence-corrected chi connectivity index (χ1v) is 6.13. The van der Waals surface area contributed by atoms with E-state index in [1.54, 1.807) is 20.2 Å². The normalized spacial score (nSPS) is 11.7. The molecule has 0 unspecified atom stereocenters. The molecule has 1 amide bonds. The fraction of sp³-hybridized carbons (Fsp3) is 0.500. The Morgan fingerprint density at radius 2 is 2.20 bits per heavy atom. The molecule has 1 atom stereocenters. The van der Waals surface area contributed by atoms with Gasteiger partial charge in [0.2, 0.25) is 0 Å². The highest BCUT2D eigenvalue weighted by atomic mass is 16.5. The van der Waals surface area contributed by atoms with E-state index in [2.05, 4.69) is 10.4 Å². The fourth-order valence-corrected chi connectivity index (χ4v) is 1.52. The van der Waals surface area contributed by atoms with Crippen LogP contribution in [0.2, 0.25) is 0 Å². The van der Waals surface area contributed by atoms with Crippen molar-refractivity contribution in [3.63, 3.8) is 0 Å². The lowest BCUT2D eigenvalue weighted by atomic mass is 10.1. The smallest absolute Gasteiger partial charge is 0.326 e. The summed E-state index contributed by atoms with van der Waals surface area (Å²) in [7, 11) is 1.65. The molecule has 1 aromatic rings. The van der Waals surface area contributed by atoms with E-state index < -0.39 is 23.9 Å². The number of ether oxygens (including phenoxy) is 1. The first-order valence-electron chi connectivity index (χ1n) is 6.13. The third kappa shape index (κ3) is 4.71. The van der Waals surface area contributed by atoms with Gasteiger partial charge in [0.05, 0.1) is 6.61 Å². The highest BCUT2D eigenvalue weighted by Gasteiger charge is 2.22. The van der Waals surface area contributed by atoms with Crippen LogP contribution in [0.5, 0.6) is 0 Å². The lowest BCUT2D eigenvalue weighted by Gasteiger charge is -2.13. The van der Waals surface area contributed by atoms with Crippen molar-refractivity contribution in [2.24, 2.45) is 7.05 Å². The van der Waals surface area contributed by atoms with Crippen molar-refractivity contribution < 1.29 is 24.2 Å². The van der Waals surface area contributed by atoms with Crippen LogP contribution >= 0.6 is 0 Å². The van der Waals surface area contributed by atoms with Crippen LogP contribution in [-0.4, -0.2) is 45.4 Å². The summed E-state index contributed by atoms with van der Waals surface area (Å²) >= 11 is 0. The van der Waals surface area contributed by atoms with E-state index in [-0.39, 0.29) is 25.1 Å². The molecule has 2 N–H and O–H groups in total. The van der Waals surface area contributed by atoms with Crippen molar-refractivity contribution >= 4 is 17.8 Å². The van der Waals surface area contributed by atoms with E-state index >= 15 is 0 Å². The molecule has 0 saturated heterocycles. The summed E-state index contributed by atoms with van der Waals surface area (Å²) in [5.41, 5.74) is 0.120. The average Bonchev–Trinajstić information content (AvgIpc) is 2.81. The Balaban J connectivity index is 2.57.